The fourth-order valence-electron chi connectivity index (χ4n) is 2.80. The smallest absolute Gasteiger partial charge is 0.416 e. The van der Waals surface area contributed by atoms with E-state index in [1.54, 1.807) is 0 Å². The second kappa shape index (κ2) is 6.57. The van der Waals surface area contributed by atoms with Gasteiger partial charge in [0, 0.05) is 18.7 Å². The highest BCUT2D eigenvalue weighted by Crippen LogP contribution is 2.31. The van der Waals surface area contributed by atoms with Gasteiger partial charge in [-0.3, -0.25) is 4.90 Å². The Balaban J connectivity index is 1.67. The summed E-state index contributed by atoms with van der Waals surface area (Å²) in [6.45, 7) is 4.04. The Kier molecular flexibility index (Phi) is 4.64. The Morgan fingerprint density at radius 1 is 1.29 bits per heavy atom. The predicted octanol–water partition coefficient (Wildman–Crippen LogP) is 3.56. The molecule has 7 heteroatoms. The van der Waals surface area contributed by atoms with Gasteiger partial charge in [0.15, 0.2) is 0 Å². The lowest BCUT2D eigenvalue weighted by Gasteiger charge is -2.33. The summed E-state index contributed by atoms with van der Waals surface area (Å²) in [7, 11) is 0. The van der Waals surface area contributed by atoms with Crippen molar-refractivity contribution in [2.24, 2.45) is 5.92 Å². The number of oxazole rings is 1. The molecule has 1 aromatic carbocycles. The Labute approximate surface area is 137 Å². The number of piperidine rings is 1. The minimum Gasteiger partial charge on any atom is -0.444 e. The van der Waals surface area contributed by atoms with Gasteiger partial charge in [0.1, 0.15) is 6.26 Å². The second-order valence-corrected chi connectivity index (χ2v) is 6.29. The van der Waals surface area contributed by atoms with E-state index in [2.05, 4.69) is 9.88 Å². The van der Waals surface area contributed by atoms with Crippen molar-refractivity contribution in [3.8, 4) is 11.5 Å². The number of aromatic nitrogens is 1. The van der Waals surface area contributed by atoms with Crippen molar-refractivity contribution < 1.29 is 22.7 Å². The van der Waals surface area contributed by atoms with Crippen LogP contribution in [0, 0.1) is 5.92 Å². The van der Waals surface area contributed by atoms with Gasteiger partial charge in [0.25, 0.3) is 0 Å². The molecule has 1 aromatic heterocycles. The minimum absolute atomic E-state index is 0.293. The van der Waals surface area contributed by atoms with E-state index < -0.39 is 11.7 Å². The molecule has 2 unspecified atom stereocenters. The van der Waals surface area contributed by atoms with Crippen molar-refractivity contribution >= 4 is 0 Å². The molecular weight excluding hydrogens is 321 g/mol. The van der Waals surface area contributed by atoms with Gasteiger partial charge in [0.05, 0.1) is 17.4 Å². The molecule has 0 bridgehead atoms. The van der Waals surface area contributed by atoms with E-state index in [9.17, 15) is 18.3 Å². The molecule has 1 saturated heterocycles. The molecule has 0 saturated carbocycles. The summed E-state index contributed by atoms with van der Waals surface area (Å²) in [5.41, 5.74) is 0.502. The van der Waals surface area contributed by atoms with Gasteiger partial charge in [-0.1, -0.05) is 6.92 Å². The lowest BCUT2D eigenvalue weighted by atomic mass is 9.96. The normalized spacial score (nSPS) is 22.7. The largest absolute Gasteiger partial charge is 0.444 e. The summed E-state index contributed by atoms with van der Waals surface area (Å²) in [5.74, 6) is 0.589. The first-order valence-electron chi connectivity index (χ1n) is 7.85. The lowest BCUT2D eigenvalue weighted by Crippen LogP contribution is -2.42. The fraction of sp³-hybridized carbons (Fsp3) is 0.471. The first-order chi connectivity index (χ1) is 11.3. The molecule has 1 N–H and O–H groups in total. The highest BCUT2D eigenvalue weighted by atomic mass is 19.4. The maximum absolute atomic E-state index is 12.6. The summed E-state index contributed by atoms with van der Waals surface area (Å²) >= 11 is 0. The third-order valence-corrected chi connectivity index (χ3v) is 4.40. The van der Waals surface area contributed by atoms with Gasteiger partial charge in [-0.15, -0.1) is 0 Å². The Morgan fingerprint density at radius 3 is 2.62 bits per heavy atom. The quantitative estimate of drug-likeness (QED) is 0.928. The predicted molar refractivity (Wildman–Crippen MR) is 82.0 cm³/mol. The number of likely N-dealkylation sites (tertiary alicyclic amines) is 1. The maximum Gasteiger partial charge on any atom is 0.416 e. The van der Waals surface area contributed by atoms with Crippen LogP contribution in [-0.2, 0) is 12.7 Å². The van der Waals surface area contributed by atoms with Crippen molar-refractivity contribution in [1.82, 2.24) is 9.88 Å². The van der Waals surface area contributed by atoms with Crippen LogP contribution in [0.3, 0.4) is 0 Å². The van der Waals surface area contributed by atoms with Gasteiger partial charge >= 0.3 is 6.18 Å². The topological polar surface area (TPSA) is 49.5 Å². The van der Waals surface area contributed by atoms with Crippen molar-refractivity contribution in [2.45, 2.75) is 32.2 Å². The van der Waals surface area contributed by atoms with Crippen LogP contribution in [0.15, 0.2) is 34.9 Å². The van der Waals surface area contributed by atoms with Crippen LogP contribution in [0.1, 0.15) is 24.6 Å². The Bertz CT molecular complexity index is 682. The van der Waals surface area contributed by atoms with Crippen LogP contribution >= 0.6 is 0 Å². The number of alkyl halides is 3. The third kappa shape index (κ3) is 3.79. The first kappa shape index (κ1) is 17.0. The van der Waals surface area contributed by atoms with Gasteiger partial charge in [-0.05, 0) is 43.1 Å². The molecule has 0 aliphatic carbocycles. The zero-order chi connectivity index (χ0) is 17.3. The highest BCUT2D eigenvalue weighted by Gasteiger charge is 2.30. The molecule has 0 radical (unpaired) electrons. The fourth-order valence-corrected chi connectivity index (χ4v) is 2.80. The average Bonchev–Trinajstić information content (AvgIpc) is 2.99. The number of aliphatic hydroxyl groups is 1. The molecule has 2 aromatic rings. The number of hydrogen-bond donors (Lipinski definition) is 1. The van der Waals surface area contributed by atoms with Crippen LogP contribution < -0.4 is 0 Å². The minimum atomic E-state index is -4.35. The number of aliphatic hydroxyl groups excluding tert-OH is 1. The van der Waals surface area contributed by atoms with Crippen LogP contribution in [0.5, 0.6) is 0 Å². The number of rotatable bonds is 3. The molecule has 3 rings (SSSR count). The highest BCUT2D eigenvalue weighted by molar-refractivity contribution is 5.53. The SMILES string of the molecule is CC1CCN(Cc2coc(-c3ccc(C(F)(F)F)cc3)n2)CC1O. The molecule has 2 atom stereocenters. The molecule has 0 amide bonds. The number of nitrogens with zero attached hydrogens (tertiary/aromatic N) is 2. The van der Waals surface area contributed by atoms with Crippen molar-refractivity contribution in [1.29, 1.82) is 0 Å². The Hall–Kier alpha value is -1.86. The van der Waals surface area contributed by atoms with E-state index in [0.29, 0.717) is 36.2 Å². The van der Waals surface area contributed by atoms with Crippen molar-refractivity contribution in [2.75, 3.05) is 13.1 Å². The van der Waals surface area contributed by atoms with Gasteiger partial charge in [-0.25, -0.2) is 4.98 Å². The van der Waals surface area contributed by atoms with E-state index in [4.69, 9.17) is 4.42 Å². The lowest BCUT2D eigenvalue weighted by molar-refractivity contribution is -0.137. The molecule has 130 valence electrons. The van der Waals surface area contributed by atoms with Gasteiger partial charge < -0.3 is 9.52 Å². The molecule has 24 heavy (non-hydrogen) atoms. The average molecular weight is 340 g/mol. The summed E-state index contributed by atoms with van der Waals surface area (Å²) in [6, 6.07) is 4.73. The zero-order valence-corrected chi connectivity index (χ0v) is 13.3. The molecule has 1 aliphatic rings. The number of halogens is 3. The van der Waals surface area contributed by atoms with Crippen LogP contribution in [0.25, 0.3) is 11.5 Å². The summed E-state index contributed by atoms with van der Waals surface area (Å²) in [6.07, 6.45) is -2.27. The van der Waals surface area contributed by atoms with E-state index in [-0.39, 0.29) is 6.10 Å². The summed E-state index contributed by atoms with van der Waals surface area (Å²) < 4.78 is 43.1. The van der Waals surface area contributed by atoms with Crippen LogP contribution in [0.2, 0.25) is 0 Å². The third-order valence-electron chi connectivity index (χ3n) is 4.40. The molecule has 1 aliphatic heterocycles. The van der Waals surface area contributed by atoms with E-state index in [1.165, 1.54) is 18.4 Å². The monoisotopic (exact) mass is 340 g/mol. The molecule has 1 fully saturated rings. The zero-order valence-electron chi connectivity index (χ0n) is 13.3. The summed E-state index contributed by atoms with van der Waals surface area (Å²) in [5, 5.41) is 9.92. The van der Waals surface area contributed by atoms with E-state index >= 15 is 0 Å². The number of benzene rings is 1. The second-order valence-electron chi connectivity index (χ2n) is 6.29. The standard InChI is InChI=1S/C17H19F3N2O2/c1-11-6-7-22(9-15(11)23)8-14-10-24-16(21-14)12-2-4-13(5-3-12)17(18,19)20/h2-5,10-11,15,23H,6-9H2,1H3. The van der Waals surface area contributed by atoms with Crippen molar-refractivity contribution in [3.63, 3.8) is 0 Å². The van der Waals surface area contributed by atoms with Crippen molar-refractivity contribution in [3.05, 3.63) is 41.8 Å². The number of β-amino-alcohol motifs (C(OH)–C–C–N with tert-alkyl or cyclic N) is 1. The molecular formula is C17H19F3N2O2. The van der Waals surface area contributed by atoms with E-state index in [1.807, 2.05) is 6.92 Å². The molecule has 0 spiro atoms. The van der Waals surface area contributed by atoms with Gasteiger partial charge in [-0.2, -0.15) is 13.2 Å². The van der Waals surface area contributed by atoms with E-state index in [0.717, 1.165) is 25.1 Å². The number of hydrogen-bond acceptors (Lipinski definition) is 4. The summed E-state index contributed by atoms with van der Waals surface area (Å²) in [4.78, 5) is 6.44. The maximum atomic E-state index is 12.6. The molecule has 2 heterocycles. The Morgan fingerprint density at radius 2 is 2.00 bits per heavy atom. The van der Waals surface area contributed by atoms with Crippen LogP contribution in [-0.4, -0.2) is 34.2 Å². The van der Waals surface area contributed by atoms with Crippen LogP contribution in [0.4, 0.5) is 13.2 Å². The van der Waals surface area contributed by atoms with Gasteiger partial charge in [0.2, 0.25) is 5.89 Å². The molecule has 4 nitrogen and oxygen atoms in total. The first-order valence-corrected chi connectivity index (χ1v) is 7.85.